The van der Waals surface area contributed by atoms with Crippen molar-refractivity contribution < 1.29 is 39.8 Å². The van der Waals surface area contributed by atoms with E-state index in [1.54, 1.807) is 0 Å². The highest BCUT2D eigenvalue weighted by Crippen LogP contribution is 2.08. The minimum Gasteiger partial charge on any atom is -0.394 e. The molecule has 21 heavy (non-hydrogen) atoms. The van der Waals surface area contributed by atoms with Gasteiger partial charge in [0.2, 0.25) is 6.41 Å². The molecule has 0 rings (SSSR count). The van der Waals surface area contributed by atoms with Gasteiger partial charge in [0.25, 0.3) is 0 Å². The van der Waals surface area contributed by atoms with Gasteiger partial charge in [0.05, 0.1) is 38.6 Å². The highest BCUT2D eigenvalue weighted by atomic mass is 16.7. The molecule has 0 aliphatic carbocycles. The van der Waals surface area contributed by atoms with Crippen molar-refractivity contribution in [1.29, 1.82) is 0 Å². The number of nitrogens with one attached hydrogen (secondary N) is 1. The predicted octanol–water partition coefficient (Wildman–Crippen LogP) is -3.29. The van der Waals surface area contributed by atoms with Crippen LogP contribution in [0.1, 0.15) is 0 Å². The molecule has 1 amide bonds. The Labute approximate surface area is 122 Å². The Hall–Kier alpha value is -1.07. The van der Waals surface area contributed by atoms with Crippen LogP contribution in [0.3, 0.4) is 0 Å². The summed E-state index contributed by atoms with van der Waals surface area (Å²) in [6.07, 6.45) is -3.97. The molecule has 0 aliphatic heterocycles. The average molecular weight is 309 g/mol. The van der Waals surface area contributed by atoms with Gasteiger partial charge in [-0.15, -0.1) is 6.58 Å². The molecule has 3 unspecified atom stereocenters. The lowest BCUT2D eigenvalue weighted by atomic mass is 10.1. The van der Waals surface area contributed by atoms with Crippen LogP contribution in [0, 0.1) is 0 Å². The van der Waals surface area contributed by atoms with Crippen LogP contribution < -0.4 is 5.32 Å². The van der Waals surface area contributed by atoms with Gasteiger partial charge in [-0.3, -0.25) is 4.79 Å². The highest BCUT2D eigenvalue weighted by molar-refractivity contribution is 5.47. The normalized spacial score (nSPS) is 18.3. The zero-order valence-corrected chi connectivity index (χ0v) is 11.5. The molecule has 0 spiro atoms. The Morgan fingerprint density at radius 3 is 2.33 bits per heavy atom. The summed E-state index contributed by atoms with van der Waals surface area (Å²) in [7, 11) is 0. The van der Waals surface area contributed by atoms with E-state index in [1.807, 2.05) is 0 Å². The summed E-state index contributed by atoms with van der Waals surface area (Å²) in [5.41, 5.74) is 0. The fourth-order valence-electron chi connectivity index (χ4n) is 1.40. The van der Waals surface area contributed by atoms with Gasteiger partial charge in [-0.2, -0.15) is 0 Å². The number of aliphatic hydroxyl groups excluding tert-OH is 5. The first kappa shape index (κ1) is 19.9. The third kappa shape index (κ3) is 7.48. The molecule has 0 aromatic rings. The quantitative estimate of drug-likeness (QED) is 0.118. The van der Waals surface area contributed by atoms with Crippen LogP contribution in [-0.2, 0) is 14.3 Å². The summed E-state index contributed by atoms with van der Waals surface area (Å²) in [6.45, 7) is 1.89. The molecule has 6 N–H and O–H groups in total. The summed E-state index contributed by atoms with van der Waals surface area (Å²) in [5.74, 6) is 0. The van der Waals surface area contributed by atoms with Crippen LogP contribution in [0.2, 0.25) is 0 Å². The van der Waals surface area contributed by atoms with E-state index in [1.165, 1.54) is 6.08 Å². The van der Waals surface area contributed by atoms with Crippen molar-refractivity contribution >= 4 is 6.41 Å². The number of ether oxygens (including phenoxy) is 2. The summed E-state index contributed by atoms with van der Waals surface area (Å²) >= 11 is 0. The third-order valence-electron chi connectivity index (χ3n) is 2.61. The Balaban J connectivity index is 4.62. The molecular weight excluding hydrogens is 286 g/mol. The maximum atomic E-state index is 10.4. The molecule has 124 valence electrons. The molecule has 0 heterocycles. The van der Waals surface area contributed by atoms with Crippen LogP contribution in [0.15, 0.2) is 12.7 Å². The van der Waals surface area contributed by atoms with E-state index >= 15 is 0 Å². The molecule has 0 fully saturated rings. The fraction of sp³-hybridized carbons (Fsp3) is 0.750. The van der Waals surface area contributed by atoms with E-state index in [0.717, 1.165) is 0 Å². The number of rotatable bonds is 13. The number of amides is 1. The summed E-state index contributed by atoms with van der Waals surface area (Å²) in [5, 5.41) is 48.4. The third-order valence-corrected chi connectivity index (χ3v) is 2.61. The topological polar surface area (TPSA) is 149 Å². The van der Waals surface area contributed by atoms with E-state index in [4.69, 9.17) is 19.7 Å². The van der Waals surface area contributed by atoms with Crippen LogP contribution in [0.5, 0.6) is 0 Å². The Kier molecular flexibility index (Phi) is 11.0. The van der Waals surface area contributed by atoms with E-state index < -0.39 is 37.3 Å². The molecule has 0 saturated heterocycles. The van der Waals surface area contributed by atoms with Crippen LogP contribution in [0.4, 0.5) is 0 Å². The molecule has 0 aromatic heterocycles. The van der Waals surface area contributed by atoms with Crippen LogP contribution >= 0.6 is 0 Å². The smallest absolute Gasteiger partial charge is 0.207 e. The second-order valence-electron chi connectivity index (χ2n) is 4.15. The van der Waals surface area contributed by atoms with Gasteiger partial charge < -0.3 is 40.3 Å². The van der Waals surface area contributed by atoms with E-state index in [2.05, 4.69) is 11.9 Å². The molecule has 5 atom stereocenters. The number of aliphatic hydroxyl groups is 5. The largest absolute Gasteiger partial charge is 0.394 e. The summed E-state index contributed by atoms with van der Waals surface area (Å²) in [6, 6.07) is -0.835. The fourth-order valence-corrected chi connectivity index (χ4v) is 1.40. The van der Waals surface area contributed by atoms with Crippen molar-refractivity contribution in [1.82, 2.24) is 5.32 Å². The van der Waals surface area contributed by atoms with Gasteiger partial charge in [0, 0.05) is 0 Å². The monoisotopic (exact) mass is 309 g/mol. The van der Waals surface area contributed by atoms with Gasteiger partial charge in [-0.1, -0.05) is 6.08 Å². The maximum Gasteiger partial charge on any atom is 0.207 e. The number of hydrogen-bond donors (Lipinski definition) is 6. The lowest BCUT2D eigenvalue weighted by Gasteiger charge is -2.28. The number of carbonyl (C=O) groups is 1. The first-order valence-electron chi connectivity index (χ1n) is 6.33. The van der Waals surface area contributed by atoms with Gasteiger partial charge >= 0.3 is 0 Å². The lowest BCUT2D eigenvalue weighted by molar-refractivity contribution is -0.224. The number of carbonyl (C=O) groups excluding carboxylic acids is 1. The molecule has 0 bridgehead atoms. The molecule has 0 aliphatic rings. The van der Waals surface area contributed by atoms with Crippen LogP contribution in [0.25, 0.3) is 0 Å². The second kappa shape index (κ2) is 11.6. The maximum absolute atomic E-state index is 10.4. The van der Waals surface area contributed by atoms with Crippen molar-refractivity contribution in [3.05, 3.63) is 12.7 Å². The minimum absolute atomic E-state index is 0.171. The molecule has 0 saturated carbocycles. The lowest BCUT2D eigenvalue weighted by Crippen LogP contribution is -2.47. The van der Waals surface area contributed by atoms with Gasteiger partial charge in [0.1, 0.15) is 12.2 Å². The molecule has 9 heteroatoms. The van der Waals surface area contributed by atoms with Gasteiger partial charge in [-0.05, 0) is 0 Å². The van der Waals surface area contributed by atoms with Crippen molar-refractivity contribution in [3.8, 4) is 0 Å². The first-order valence-corrected chi connectivity index (χ1v) is 6.33. The second-order valence-corrected chi connectivity index (χ2v) is 4.15. The SMILES string of the molecule is C=CC(O)C(CO[C@H](OCCO)[C@@H](O)C(O)CO)NC=O. The van der Waals surface area contributed by atoms with Crippen molar-refractivity contribution in [2.45, 2.75) is 30.6 Å². The molecule has 0 radical (unpaired) electrons. The molecule has 9 nitrogen and oxygen atoms in total. The first-order chi connectivity index (χ1) is 10.0. The minimum atomic E-state index is -1.57. The standard InChI is InChI=1S/C12H23NO8/c1-2-9(17)8(13-7-16)6-21-12(20-4-3-14)11(19)10(18)5-15/h2,7-12,14-15,17-19H,1,3-6H2,(H,13,16)/t8?,9?,10?,11-,12-/m0/s1. The Morgan fingerprint density at radius 1 is 1.19 bits per heavy atom. The number of hydrogen-bond acceptors (Lipinski definition) is 8. The highest BCUT2D eigenvalue weighted by Gasteiger charge is 2.29. The van der Waals surface area contributed by atoms with E-state index in [0.29, 0.717) is 6.41 Å². The van der Waals surface area contributed by atoms with E-state index in [-0.39, 0.29) is 19.8 Å². The summed E-state index contributed by atoms with van der Waals surface area (Å²) in [4.78, 5) is 10.4. The predicted molar refractivity (Wildman–Crippen MR) is 71.1 cm³/mol. The molecular formula is C12H23NO8. The summed E-state index contributed by atoms with van der Waals surface area (Å²) < 4.78 is 10.2. The Morgan fingerprint density at radius 2 is 1.86 bits per heavy atom. The van der Waals surface area contributed by atoms with Gasteiger partial charge in [-0.25, -0.2) is 0 Å². The average Bonchev–Trinajstić information content (AvgIpc) is 2.51. The zero-order valence-electron chi connectivity index (χ0n) is 11.5. The van der Waals surface area contributed by atoms with E-state index in [9.17, 15) is 20.1 Å². The zero-order chi connectivity index (χ0) is 16.3. The van der Waals surface area contributed by atoms with Crippen molar-refractivity contribution in [2.75, 3.05) is 26.4 Å². The van der Waals surface area contributed by atoms with Gasteiger partial charge in [0.15, 0.2) is 6.29 Å². The van der Waals surface area contributed by atoms with Crippen molar-refractivity contribution in [3.63, 3.8) is 0 Å². The Bertz CT molecular complexity index is 290. The van der Waals surface area contributed by atoms with Crippen molar-refractivity contribution in [2.24, 2.45) is 0 Å². The van der Waals surface area contributed by atoms with Crippen LogP contribution in [-0.4, -0.2) is 89.0 Å². The molecule has 0 aromatic carbocycles.